The summed E-state index contributed by atoms with van der Waals surface area (Å²) in [5.41, 5.74) is 0.224. The molecule has 1 rings (SSSR count). The monoisotopic (exact) mass is 215 g/mol. The van der Waals surface area contributed by atoms with Crippen molar-refractivity contribution in [3.63, 3.8) is 0 Å². The number of hydrogen-bond donors (Lipinski definition) is 1. The zero-order valence-electron chi connectivity index (χ0n) is 6.34. The first-order chi connectivity index (χ1) is 6.09. The molecule has 0 aliphatic heterocycles. The van der Waals surface area contributed by atoms with Gasteiger partial charge in [0.1, 0.15) is 0 Å². The van der Waals surface area contributed by atoms with Gasteiger partial charge in [0.15, 0.2) is 0 Å². The highest BCUT2D eigenvalue weighted by molar-refractivity contribution is 7.80. The van der Waals surface area contributed by atoms with Gasteiger partial charge in [-0.2, -0.15) is 8.42 Å². The average molecular weight is 215 g/mol. The molecule has 0 saturated carbocycles. The number of carbonyl (C=O) groups excluding carboxylic acids is 1. The molecule has 0 atom stereocenters. The van der Waals surface area contributed by atoms with E-state index in [9.17, 15) is 13.2 Å². The third-order valence-electron chi connectivity index (χ3n) is 1.27. The van der Waals surface area contributed by atoms with Crippen LogP contribution in [0.25, 0.3) is 0 Å². The van der Waals surface area contributed by atoms with Crippen molar-refractivity contribution >= 4 is 29.0 Å². The smallest absolute Gasteiger partial charge is 0.266 e. The van der Waals surface area contributed by atoms with Crippen molar-refractivity contribution in [1.82, 2.24) is 0 Å². The van der Waals surface area contributed by atoms with Crippen molar-refractivity contribution in [2.75, 3.05) is 0 Å². The predicted octanol–water partition coefficient (Wildman–Crippen LogP) is 1.18. The summed E-state index contributed by atoms with van der Waals surface area (Å²) in [5, 5.41) is 0. The molecule has 0 heterocycles. The summed E-state index contributed by atoms with van der Waals surface area (Å²) >= 11 is 4.01. The molecule has 0 unspecified atom stereocenters. The minimum atomic E-state index is -2.70. The van der Waals surface area contributed by atoms with E-state index in [4.69, 9.17) is 0 Å². The molecular formula is C7H5NO3S2. The lowest BCUT2D eigenvalue weighted by Crippen LogP contribution is -1.92. The van der Waals surface area contributed by atoms with E-state index in [1.54, 1.807) is 12.1 Å². The summed E-state index contributed by atoms with van der Waals surface area (Å²) in [5.74, 6) is -0.776. The second-order valence-electron chi connectivity index (χ2n) is 2.16. The van der Waals surface area contributed by atoms with Gasteiger partial charge < -0.3 is 0 Å². The van der Waals surface area contributed by atoms with E-state index >= 15 is 0 Å². The SMILES string of the molecule is O=C(N=S(=O)=O)c1ccc(S)cc1. The fourth-order valence-corrected chi connectivity index (χ4v) is 1.11. The highest BCUT2D eigenvalue weighted by Gasteiger charge is 2.02. The molecular weight excluding hydrogens is 210 g/mol. The Labute approximate surface area is 81.7 Å². The van der Waals surface area contributed by atoms with Crippen LogP contribution in [0.5, 0.6) is 0 Å². The van der Waals surface area contributed by atoms with Crippen LogP contribution in [0.4, 0.5) is 0 Å². The maximum absolute atomic E-state index is 11.0. The molecule has 68 valence electrons. The molecule has 1 aromatic rings. The summed E-state index contributed by atoms with van der Waals surface area (Å²) in [6.07, 6.45) is 0. The number of amides is 1. The van der Waals surface area contributed by atoms with Crippen molar-refractivity contribution in [1.29, 1.82) is 0 Å². The quantitative estimate of drug-likeness (QED) is 0.715. The number of rotatable bonds is 1. The largest absolute Gasteiger partial charge is 0.319 e. The molecule has 1 amide bonds. The molecule has 13 heavy (non-hydrogen) atoms. The Morgan fingerprint density at radius 2 is 1.77 bits per heavy atom. The van der Waals surface area contributed by atoms with Crippen molar-refractivity contribution in [3.05, 3.63) is 29.8 Å². The zero-order chi connectivity index (χ0) is 9.84. The van der Waals surface area contributed by atoms with Gasteiger partial charge in [0.05, 0.1) is 0 Å². The van der Waals surface area contributed by atoms with E-state index in [0.29, 0.717) is 4.90 Å². The van der Waals surface area contributed by atoms with Crippen molar-refractivity contribution < 1.29 is 13.2 Å². The van der Waals surface area contributed by atoms with Crippen LogP contribution in [0, 0.1) is 0 Å². The molecule has 0 bridgehead atoms. The van der Waals surface area contributed by atoms with E-state index < -0.39 is 16.4 Å². The molecule has 0 aromatic heterocycles. The molecule has 0 aliphatic carbocycles. The van der Waals surface area contributed by atoms with E-state index in [0.717, 1.165) is 0 Å². The highest BCUT2D eigenvalue weighted by atomic mass is 32.2. The number of carbonyl (C=O) groups is 1. The number of hydrogen-bond acceptors (Lipinski definition) is 4. The molecule has 1 aromatic carbocycles. The minimum absolute atomic E-state index is 0.224. The summed E-state index contributed by atoms with van der Waals surface area (Å²) < 4.78 is 22.9. The van der Waals surface area contributed by atoms with Gasteiger partial charge in [0, 0.05) is 10.5 Å². The van der Waals surface area contributed by atoms with Crippen molar-refractivity contribution in [3.8, 4) is 0 Å². The van der Waals surface area contributed by atoms with Gasteiger partial charge in [-0.15, -0.1) is 12.6 Å². The second kappa shape index (κ2) is 4.20. The third-order valence-corrected chi connectivity index (χ3v) is 1.88. The van der Waals surface area contributed by atoms with Gasteiger partial charge in [-0.1, -0.05) is 4.36 Å². The molecule has 0 spiro atoms. The van der Waals surface area contributed by atoms with E-state index in [1.165, 1.54) is 12.1 Å². The summed E-state index contributed by atoms with van der Waals surface area (Å²) in [4.78, 5) is 11.7. The maximum atomic E-state index is 11.0. The summed E-state index contributed by atoms with van der Waals surface area (Å²) in [7, 11) is -2.70. The Hall–Kier alpha value is -1.14. The topological polar surface area (TPSA) is 63.6 Å². The zero-order valence-corrected chi connectivity index (χ0v) is 8.05. The Bertz CT molecular complexity index is 439. The third kappa shape index (κ3) is 3.00. The fourth-order valence-electron chi connectivity index (χ4n) is 0.724. The van der Waals surface area contributed by atoms with Crippen LogP contribution in [-0.2, 0) is 10.5 Å². The van der Waals surface area contributed by atoms with E-state index in [2.05, 4.69) is 17.0 Å². The van der Waals surface area contributed by atoms with Crippen LogP contribution < -0.4 is 0 Å². The van der Waals surface area contributed by atoms with E-state index in [-0.39, 0.29) is 5.56 Å². The van der Waals surface area contributed by atoms with Crippen LogP contribution in [0.2, 0.25) is 0 Å². The van der Waals surface area contributed by atoms with Crippen LogP contribution >= 0.6 is 12.6 Å². The normalized spacial score (nSPS) is 9.31. The first-order valence-electron chi connectivity index (χ1n) is 3.24. The highest BCUT2D eigenvalue weighted by Crippen LogP contribution is 2.08. The minimum Gasteiger partial charge on any atom is -0.266 e. The number of thiol groups is 1. The lowest BCUT2D eigenvalue weighted by molar-refractivity contribution is 0.100. The Balaban J connectivity index is 3.04. The van der Waals surface area contributed by atoms with Gasteiger partial charge in [-0.25, -0.2) is 0 Å². The first-order valence-corrected chi connectivity index (χ1v) is 4.72. The summed E-state index contributed by atoms with van der Waals surface area (Å²) in [6, 6.07) is 6.08. The summed E-state index contributed by atoms with van der Waals surface area (Å²) in [6.45, 7) is 0. The van der Waals surface area contributed by atoms with Crippen molar-refractivity contribution in [2.24, 2.45) is 4.36 Å². The lowest BCUT2D eigenvalue weighted by atomic mass is 10.2. The predicted molar refractivity (Wildman–Crippen MR) is 49.4 cm³/mol. The van der Waals surface area contributed by atoms with Gasteiger partial charge in [0.25, 0.3) is 5.91 Å². The molecule has 0 radical (unpaired) electrons. The second-order valence-corrected chi connectivity index (χ2v) is 3.29. The van der Waals surface area contributed by atoms with Crippen molar-refractivity contribution in [2.45, 2.75) is 4.90 Å². The maximum Gasteiger partial charge on any atom is 0.319 e. The first kappa shape index (κ1) is 9.94. The molecule has 4 nitrogen and oxygen atoms in total. The molecule has 0 fully saturated rings. The van der Waals surface area contributed by atoms with Crippen LogP contribution in [0.1, 0.15) is 10.4 Å². The standard InChI is InChI=1S/C7H5NO3S2/c9-7(8-13(10)11)5-1-3-6(12)4-2-5/h1-4,12H. The number of nitrogens with zero attached hydrogens (tertiary/aromatic N) is 1. The van der Waals surface area contributed by atoms with Gasteiger partial charge in [0.2, 0.25) is 0 Å². The van der Waals surface area contributed by atoms with E-state index in [1.807, 2.05) is 0 Å². The lowest BCUT2D eigenvalue weighted by Gasteiger charge is -1.92. The van der Waals surface area contributed by atoms with Crippen LogP contribution in [-0.4, -0.2) is 14.3 Å². The van der Waals surface area contributed by atoms with Gasteiger partial charge >= 0.3 is 10.5 Å². The van der Waals surface area contributed by atoms with Gasteiger partial charge in [-0.05, 0) is 24.3 Å². The average Bonchev–Trinajstić information content (AvgIpc) is 2.04. The molecule has 0 saturated heterocycles. The number of benzene rings is 1. The Morgan fingerprint density at radius 1 is 1.23 bits per heavy atom. The fraction of sp³-hybridized carbons (Fsp3) is 0. The molecule has 0 N–H and O–H groups in total. The Morgan fingerprint density at radius 3 is 2.23 bits per heavy atom. The van der Waals surface area contributed by atoms with Gasteiger partial charge in [-0.3, -0.25) is 4.79 Å². The van der Waals surface area contributed by atoms with Crippen LogP contribution in [0.15, 0.2) is 33.5 Å². The molecule has 0 aliphatic rings. The molecule has 6 heteroatoms. The van der Waals surface area contributed by atoms with Crippen LogP contribution in [0.3, 0.4) is 0 Å². The Kier molecular flexibility index (Phi) is 3.21.